The summed E-state index contributed by atoms with van der Waals surface area (Å²) < 4.78 is 93.7. The van der Waals surface area contributed by atoms with E-state index in [0.717, 1.165) is 23.5 Å². The average molecular weight is 1440 g/mol. The maximum atomic E-state index is 11.8. The number of hydrogen-bond donors (Lipinski definition) is 8. The Morgan fingerprint density at radius 3 is 1.29 bits per heavy atom. The van der Waals surface area contributed by atoms with Crippen LogP contribution in [0.4, 0.5) is 14.4 Å². The second kappa shape index (κ2) is 39.5. The Kier molecular flexibility index (Phi) is 40.9. The number of sulfonamides is 1. The number of methoxy groups -OCH3 is 4. The molecule has 8 N–H and O–H groups in total. The number of likely N-dealkylation sites (tertiary alicyclic amines) is 3. The summed E-state index contributed by atoms with van der Waals surface area (Å²) in [5.41, 5.74) is -3.92. The van der Waals surface area contributed by atoms with Crippen LogP contribution in [-0.2, 0) is 84.0 Å². The van der Waals surface area contributed by atoms with E-state index in [1.807, 2.05) is 48.2 Å². The molecule has 0 aromatic carbocycles. The van der Waals surface area contributed by atoms with Gasteiger partial charge in [-0.15, -0.1) is 0 Å². The van der Waals surface area contributed by atoms with Gasteiger partial charge in [0.25, 0.3) is 0 Å². The van der Waals surface area contributed by atoms with E-state index in [-0.39, 0.29) is 57.6 Å². The molecule has 30 nitrogen and oxygen atoms in total. The average Bonchev–Trinajstić information content (AvgIpc) is 4.18. The number of aliphatic hydroxyl groups excluding tert-OH is 4. The fraction of sp³-hybridized carbons (Fsp3) is 0.837. The molecule has 5 rings (SSSR count). The van der Waals surface area contributed by atoms with Gasteiger partial charge in [-0.1, -0.05) is 30.1 Å². The van der Waals surface area contributed by atoms with E-state index in [9.17, 15) is 43.2 Å². The zero-order chi connectivity index (χ0) is 66.3. The van der Waals surface area contributed by atoms with Crippen molar-refractivity contribution in [3.63, 3.8) is 0 Å². The van der Waals surface area contributed by atoms with Gasteiger partial charge in [0.15, 0.2) is 0 Å². The van der Waals surface area contributed by atoms with Crippen molar-refractivity contribution in [3.8, 4) is 0 Å². The molecule has 0 aliphatic carbocycles. The van der Waals surface area contributed by atoms with Crippen molar-refractivity contribution in [2.45, 2.75) is 133 Å². The minimum absolute atomic E-state index is 0.0108. The predicted molar refractivity (Wildman–Crippen MR) is 302 cm³/mol. The Morgan fingerprint density at radius 1 is 0.687 bits per heavy atom. The number of carbonyl (C=O) groups excluding carboxylic acids is 3. The van der Waals surface area contributed by atoms with E-state index >= 15 is 0 Å². The Labute approximate surface area is 498 Å². The molecular weight excluding hydrogens is 1340 g/mol. The Bertz CT molecular complexity index is 2320. The van der Waals surface area contributed by atoms with Gasteiger partial charge >= 0.3 is 47.3 Å². The molecule has 0 unspecified atom stereocenters. The topological polar surface area (TPSA) is 414 Å². The molecule has 492 valence electrons. The second-order valence-corrected chi connectivity index (χ2v) is 27.5. The van der Waals surface area contributed by atoms with Crippen LogP contribution in [0.2, 0.25) is 0 Å². The number of nitroso groups, excluding NO2 is 1. The summed E-state index contributed by atoms with van der Waals surface area (Å²) in [7, 11) is 4.80. The SMILES string of the molecule is C=C1CN(C(=O)OC(C)(C)C)C[C@@H]1OC.C=C1CN(C(=O)OC(C)(C)C)C[C@H]1O.CN=O.CO[C@H]1CN(C(=O)OC(C)(C)C)C[C@@]1(O)CO.CO[C@H]1CN(S(C)(=O)=O)C[C@@]1(O)CO.CO[C@H]1CNC[C@@]1(O)CO.CP=S.[CH2-]C.[O]=[Os](=[O])(=[O])=[O]. The number of amides is 3. The van der Waals surface area contributed by atoms with Crippen LogP contribution in [0.15, 0.2) is 29.5 Å². The van der Waals surface area contributed by atoms with Gasteiger partial charge in [-0.2, -0.15) is 16.1 Å². The first kappa shape index (κ1) is 86.1. The molecule has 5 aliphatic rings. The van der Waals surface area contributed by atoms with Gasteiger partial charge in [-0.05, 0) is 87.5 Å². The number of carbonyl (C=O) groups is 3. The van der Waals surface area contributed by atoms with E-state index in [1.165, 1.54) is 38.2 Å². The summed E-state index contributed by atoms with van der Waals surface area (Å²) in [6.45, 7) is 32.4. The number of nitrogens with zero attached hydrogens (tertiary/aromatic N) is 5. The third-order valence-corrected chi connectivity index (χ3v) is 12.3. The Balaban J connectivity index is -0.000000448. The monoisotopic (exact) mass is 1440 g/mol. The van der Waals surface area contributed by atoms with Crippen LogP contribution in [0, 0.1) is 11.8 Å². The number of hydrogen-bond acceptors (Lipinski definition) is 27. The molecule has 0 spiro atoms. The molecule has 5 fully saturated rings. The van der Waals surface area contributed by atoms with Gasteiger partial charge in [0, 0.05) is 67.7 Å². The molecule has 0 saturated carbocycles. The number of β-amino-alcohol motifs (C(OH)–C–C–N with tert-alkyl or cyclic N) is 4. The van der Waals surface area contributed by atoms with E-state index < -0.39 is 102 Å². The summed E-state index contributed by atoms with van der Waals surface area (Å²) in [5, 5.41) is 70.8. The van der Waals surface area contributed by atoms with Crippen LogP contribution in [0.1, 0.15) is 69.2 Å². The summed E-state index contributed by atoms with van der Waals surface area (Å²) >= 11 is -1.69. The molecule has 8 atom stereocenters. The molecule has 0 aromatic rings. The summed E-state index contributed by atoms with van der Waals surface area (Å²) in [6, 6.07) is 0. The zero-order valence-electron chi connectivity index (χ0n) is 51.1. The van der Waals surface area contributed by atoms with Crippen LogP contribution in [0.25, 0.3) is 0 Å². The van der Waals surface area contributed by atoms with Crippen molar-refractivity contribution in [1.29, 1.82) is 0 Å². The molecule has 5 saturated heterocycles. The van der Waals surface area contributed by atoms with Gasteiger partial charge in [0.2, 0.25) is 10.0 Å². The van der Waals surface area contributed by atoms with Crippen molar-refractivity contribution in [2.24, 2.45) is 5.18 Å². The Morgan fingerprint density at radius 2 is 1.02 bits per heavy atom. The van der Waals surface area contributed by atoms with Gasteiger partial charge in [0.05, 0.1) is 71.5 Å². The third-order valence-electron chi connectivity index (χ3n) is 11.1. The first-order chi connectivity index (χ1) is 37.7. The number of ether oxygens (including phenoxy) is 7. The van der Waals surface area contributed by atoms with Crippen molar-refractivity contribution in [3.05, 3.63) is 36.1 Å². The van der Waals surface area contributed by atoms with E-state index in [0.29, 0.717) is 38.3 Å². The van der Waals surface area contributed by atoms with Gasteiger partial charge in [-0.3, -0.25) is 0 Å². The first-order valence-corrected chi connectivity index (χ1v) is 33.5. The maximum absolute atomic E-state index is 11.8. The predicted octanol–water partition coefficient (Wildman–Crippen LogP) is 1.04. The minimum atomic E-state index is -6.06. The molecule has 0 aromatic heterocycles. The summed E-state index contributed by atoms with van der Waals surface area (Å²) in [5.74, 6) is 0. The van der Waals surface area contributed by atoms with Crippen molar-refractivity contribution in [1.82, 2.24) is 24.3 Å². The summed E-state index contributed by atoms with van der Waals surface area (Å²) in [4.78, 5) is 47.9. The van der Waals surface area contributed by atoms with Crippen molar-refractivity contribution >= 4 is 47.5 Å². The third kappa shape index (κ3) is 35.8. The molecule has 5 heterocycles. The van der Waals surface area contributed by atoms with Gasteiger partial charge < -0.3 is 95.8 Å². The fourth-order valence-corrected chi connectivity index (χ4v) is 8.02. The molecule has 5 aliphatic heterocycles. The molecular formula is C49H96N6O24OsPS2-. The van der Waals surface area contributed by atoms with Crippen LogP contribution in [-0.4, -0.2) is 279 Å². The van der Waals surface area contributed by atoms with Crippen LogP contribution in [0.3, 0.4) is 0 Å². The molecule has 0 radical (unpaired) electrons. The molecule has 83 heavy (non-hydrogen) atoms. The standard InChI is InChI=1S/C11H21NO5.C11H19NO3.C10H17NO3.C7H15NO5S.C6H13NO3.C2H5.CH3NO.CH3PS.4O.Os/c1-10(2,3)17-9(14)12-5-8(16-4)11(15,6-12)7-13;1-8-6-12(7-9(8)14-5)10(13)15-11(2,3)4;1-7-5-11(6-8(7)12)9(13)14-10(2,3)4;1-13-6-3-8(14(2,11)12)4-7(6,10)5-9;1-10-5-2-7-3-6(5,9)4-8;1-2;2*1-2-3;;;;;/h8,13,15H,5-7H2,1-4H3;9H,1,6-7H2,2-5H3;8,12H,1,5-6H2,2-4H3;6,9-10H,3-5H2,1-2H3;5,7-9H,2-4H2,1H3;1H2,2H3;2*1H3;;;;;/q;;;;;-1;;;;;;;/t8-,11+;9-;8-;6-,7+;5-,6+;;;;;;;;/m00100......../s1. The van der Waals surface area contributed by atoms with E-state index in [2.05, 4.69) is 42.4 Å². The number of aliphatic hydroxyl groups is 7. The van der Waals surface area contributed by atoms with Crippen molar-refractivity contribution in [2.75, 3.05) is 134 Å². The quantitative estimate of drug-likeness (QED) is 0.0553. The fourth-order valence-electron chi connectivity index (χ4n) is 7.15. The zero-order valence-corrected chi connectivity index (χ0v) is 56.2. The Hall–Kier alpha value is -3.32. The van der Waals surface area contributed by atoms with Crippen molar-refractivity contribution < 1.29 is 121 Å². The summed E-state index contributed by atoms with van der Waals surface area (Å²) in [6.07, 6.45) is -2.37. The van der Waals surface area contributed by atoms with Gasteiger partial charge in [-0.25, -0.2) is 22.8 Å². The number of nitrogens with one attached hydrogen (secondary N) is 1. The molecule has 0 bridgehead atoms. The number of rotatable bonds is 8. The van der Waals surface area contributed by atoms with E-state index in [1.54, 1.807) is 39.7 Å². The molecule has 3 amide bonds. The second-order valence-electron chi connectivity index (χ2n) is 21.5. The van der Waals surface area contributed by atoms with Crippen LogP contribution >= 0.6 is 7.36 Å². The van der Waals surface area contributed by atoms with Gasteiger partial charge in [0.1, 0.15) is 51.9 Å². The van der Waals surface area contributed by atoms with E-state index in [4.69, 9.17) is 67.5 Å². The molecule has 34 heteroatoms. The van der Waals surface area contributed by atoms with Crippen LogP contribution < -0.4 is 5.32 Å². The normalized spacial score (nSPS) is 25.8. The first-order valence-electron chi connectivity index (χ1n) is 25.2. The van der Waals surface area contributed by atoms with Crippen LogP contribution in [0.5, 0.6) is 0 Å².